The van der Waals surface area contributed by atoms with Crippen molar-refractivity contribution >= 4 is 23.4 Å². The molecule has 1 rings (SSSR count). The molecule has 2 N–H and O–H groups in total. The van der Waals surface area contributed by atoms with Crippen LogP contribution in [0.1, 0.15) is 26.3 Å². The van der Waals surface area contributed by atoms with E-state index >= 15 is 0 Å². The average Bonchev–Trinajstić information content (AvgIpc) is 2.18. The first-order valence-corrected chi connectivity index (χ1v) is 7.02. The lowest BCUT2D eigenvalue weighted by Crippen LogP contribution is -2.18. The molecule has 0 heterocycles. The Hall–Kier alpha value is -0.180. The lowest BCUT2D eigenvalue weighted by atomic mass is 10.1. The smallest absolute Gasteiger partial charge is 0.0449 e. The van der Waals surface area contributed by atoms with Crippen LogP contribution in [0.25, 0.3) is 0 Å². The second-order valence-corrected chi connectivity index (χ2v) is 6.07. The standard InChI is InChI=1S/C13H20ClNS/c1-9(2)8-16-13-6-4-5-12(14)11(13)7-10(3)15/h4-6,9-10H,7-8,15H2,1-3H3. The summed E-state index contributed by atoms with van der Waals surface area (Å²) >= 11 is 8.09. The molecule has 0 aliphatic heterocycles. The van der Waals surface area contributed by atoms with Crippen molar-refractivity contribution in [3.05, 3.63) is 28.8 Å². The third kappa shape index (κ3) is 4.36. The van der Waals surface area contributed by atoms with Crippen LogP contribution in [-0.2, 0) is 6.42 Å². The number of hydrogen-bond acceptors (Lipinski definition) is 2. The van der Waals surface area contributed by atoms with Gasteiger partial charge in [0.1, 0.15) is 0 Å². The Bertz CT molecular complexity index is 337. The van der Waals surface area contributed by atoms with Crippen LogP contribution in [-0.4, -0.2) is 11.8 Å². The molecule has 0 aromatic heterocycles. The molecule has 0 spiro atoms. The van der Waals surface area contributed by atoms with E-state index in [9.17, 15) is 0 Å². The summed E-state index contributed by atoms with van der Waals surface area (Å²) in [7, 11) is 0. The van der Waals surface area contributed by atoms with Gasteiger partial charge in [-0.05, 0) is 37.0 Å². The summed E-state index contributed by atoms with van der Waals surface area (Å²) in [5.74, 6) is 1.80. The van der Waals surface area contributed by atoms with Crippen LogP contribution in [0.2, 0.25) is 5.02 Å². The molecular formula is C13H20ClNS. The first-order chi connectivity index (χ1) is 7.50. The van der Waals surface area contributed by atoms with Crippen LogP contribution in [0.5, 0.6) is 0 Å². The summed E-state index contributed by atoms with van der Waals surface area (Å²) in [5.41, 5.74) is 7.05. The second-order valence-electron chi connectivity index (χ2n) is 4.60. The van der Waals surface area contributed by atoms with Gasteiger partial charge < -0.3 is 5.73 Å². The summed E-state index contributed by atoms with van der Waals surface area (Å²) in [6, 6.07) is 6.24. The van der Waals surface area contributed by atoms with Crippen LogP contribution >= 0.6 is 23.4 Å². The SMILES string of the molecule is CC(C)CSc1cccc(Cl)c1CC(C)N. The molecule has 90 valence electrons. The number of hydrogen-bond donors (Lipinski definition) is 1. The third-order valence-electron chi connectivity index (χ3n) is 2.17. The first kappa shape index (κ1) is 13.9. The van der Waals surface area contributed by atoms with Gasteiger partial charge in [-0.25, -0.2) is 0 Å². The van der Waals surface area contributed by atoms with Gasteiger partial charge in [0.25, 0.3) is 0 Å². The van der Waals surface area contributed by atoms with E-state index in [0.29, 0.717) is 5.92 Å². The van der Waals surface area contributed by atoms with Crippen LogP contribution < -0.4 is 5.73 Å². The third-order valence-corrected chi connectivity index (χ3v) is 4.06. The monoisotopic (exact) mass is 257 g/mol. The van der Waals surface area contributed by atoms with Crippen molar-refractivity contribution in [3.8, 4) is 0 Å². The van der Waals surface area contributed by atoms with Gasteiger partial charge in [0.05, 0.1) is 0 Å². The zero-order valence-corrected chi connectivity index (χ0v) is 11.7. The average molecular weight is 258 g/mol. The van der Waals surface area contributed by atoms with Gasteiger partial charge in [-0.1, -0.05) is 31.5 Å². The summed E-state index contributed by atoms with van der Waals surface area (Å²) in [5, 5.41) is 0.839. The molecule has 0 aliphatic carbocycles. The van der Waals surface area contributed by atoms with Crippen molar-refractivity contribution in [2.75, 3.05) is 5.75 Å². The predicted molar refractivity (Wildman–Crippen MR) is 74.4 cm³/mol. The second kappa shape index (κ2) is 6.53. The van der Waals surface area contributed by atoms with Gasteiger partial charge in [0.2, 0.25) is 0 Å². The quantitative estimate of drug-likeness (QED) is 0.808. The highest BCUT2D eigenvalue weighted by Crippen LogP contribution is 2.30. The molecule has 0 saturated heterocycles. The van der Waals surface area contributed by atoms with Crippen molar-refractivity contribution in [1.82, 2.24) is 0 Å². The van der Waals surface area contributed by atoms with Crippen LogP contribution in [0.4, 0.5) is 0 Å². The topological polar surface area (TPSA) is 26.0 Å². The number of halogens is 1. The van der Waals surface area contributed by atoms with Gasteiger partial charge in [-0.2, -0.15) is 0 Å². The minimum atomic E-state index is 0.151. The van der Waals surface area contributed by atoms with Gasteiger partial charge in [-0.3, -0.25) is 0 Å². The number of rotatable bonds is 5. The number of benzene rings is 1. The maximum Gasteiger partial charge on any atom is 0.0449 e. The van der Waals surface area contributed by atoms with Gasteiger partial charge in [0.15, 0.2) is 0 Å². The van der Waals surface area contributed by atoms with E-state index in [1.54, 1.807) is 0 Å². The maximum absolute atomic E-state index is 6.22. The molecular weight excluding hydrogens is 238 g/mol. The maximum atomic E-state index is 6.22. The largest absolute Gasteiger partial charge is 0.328 e. The fraction of sp³-hybridized carbons (Fsp3) is 0.538. The minimum absolute atomic E-state index is 0.151. The highest BCUT2D eigenvalue weighted by atomic mass is 35.5. The Kier molecular flexibility index (Phi) is 5.67. The molecule has 0 saturated carbocycles. The summed E-state index contributed by atoms with van der Waals surface area (Å²) in [6.07, 6.45) is 0.847. The molecule has 0 fully saturated rings. The van der Waals surface area contributed by atoms with Gasteiger partial charge in [-0.15, -0.1) is 11.8 Å². The molecule has 0 amide bonds. The zero-order chi connectivity index (χ0) is 12.1. The van der Waals surface area contributed by atoms with Crippen molar-refractivity contribution < 1.29 is 0 Å². The Morgan fingerprint density at radius 3 is 2.56 bits per heavy atom. The van der Waals surface area contributed by atoms with Crippen molar-refractivity contribution in [1.29, 1.82) is 0 Å². The van der Waals surface area contributed by atoms with E-state index in [1.165, 1.54) is 10.5 Å². The Labute approximate surface area is 108 Å². The summed E-state index contributed by atoms with van der Waals surface area (Å²) in [6.45, 7) is 6.46. The van der Waals surface area contributed by atoms with E-state index in [-0.39, 0.29) is 6.04 Å². The molecule has 16 heavy (non-hydrogen) atoms. The highest BCUT2D eigenvalue weighted by molar-refractivity contribution is 7.99. The Balaban J connectivity index is 2.85. The summed E-state index contributed by atoms with van der Waals surface area (Å²) in [4.78, 5) is 1.28. The fourth-order valence-electron chi connectivity index (χ4n) is 1.45. The van der Waals surface area contributed by atoms with Crippen LogP contribution in [0.15, 0.2) is 23.1 Å². The highest BCUT2D eigenvalue weighted by Gasteiger charge is 2.10. The fourth-order valence-corrected chi connectivity index (χ4v) is 2.81. The van der Waals surface area contributed by atoms with Gasteiger partial charge in [0, 0.05) is 21.7 Å². The Morgan fingerprint density at radius 2 is 2.00 bits per heavy atom. The number of nitrogens with two attached hydrogens (primary N) is 1. The van der Waals surface area contributed by atoms with Crippen LogP contribution in [0.3, 0.4) is 0 Å². The van der Waals surface area contributed by atoms with E-state index in [4.69, 9.17) is 17.3 Å². The van der Waals surface area contributed by atoms with E-state index in [2.05, 4.69) is 19.9 Å². The molecule has 1 aromatic rings. The molecule has 0 radical (unpaired) electrons. The molecule has 0 aliphatic rings. The lowest BCUT2D eigenvalue weighted by Gasteiger charge is -2.14. The van der Waals surface area contributed by atoms with Crippen molar-refractivity contribution in [2.24, 2.45) is 11.7 Å². The summed E-state index contributed by atoms with van der Waals surface area (Å²) < 4.78 is 0. The van der Waals surface area contributed by atoms with E-state index < -0.39 is 0 Å². The predicted octanol–water partition coefficient (Wildman–Crippen LogP) is 3.98. The normalized spacial score (nSPS) is 13.1. The molecule has 0 bridgehead atoms. The van der Waals surface area contributed by atoms with Crippen LogP contribution in [0, 0.1) is 5.92 Å². The zero-order valence-electron chi connectivity index (χ0n) is 10.2. The Morgan fingerprint density at radius 1 is 1.31 bits per heavy atom. The van der Waals surface area contributed by atoms with E-state index in [1.807, 2.05) is 30.8 Å². The van der Waals surface area contributed by atoms with E-state index in [0.717, 1.165) is 17.2 Å². The first-order valence-electron chi connectivity index (χ1n) is 5.66. The van der Waals surface area contributed by atoms with Crippen molar-refractivity contribution in [2.45, 2.75) is 38.1 Å². The van der Waals surface area contributed by atoms with Crippen molar-refractivity contribution in [3.63, 3.8) is 0 Å². The molecule has 1 nitrogen and oxygen atoms in total. The molecule has 3 heteroatoms. The molecule has 1 aromatic carbocycles. The molecule has 1 unspecified atom stereocenters. The van der Waals surface area contributed by atoms with Gasteiger partial charge >= 0.3 is 0 Å². The molecule has 1 atom stereocenters. The minimum Gasteiger partial charge on any atom is -0.328 e. The number of thioether (sulfide) groups is 1. The lowest BCUT2D eigenvalue weighted by molar-refractivity contribution is 0.727.